The highest BCUT2D eigenvalue weighted by Gasteiger charge is 2.21. The molecule has 1 nitrogen and oxygen atoms in total. The second-order valence-electron chi connectivity index (χ2n) is 3.75. The molecule has 1 unspecified atom stereocenters. The molecule has 1 aliphatic heterocycles. The van der Waals surface area contributed by atoms with E-state index in [4.69, 9.17) is 11.6 Å². The number of likely N-dealkylation sites (tertiary alicyclic amines) is 1. The van der Waals surface area contributed by atoms with Crippen molar-refractivity contribution in [2.24, 2.45) is 5.92 Å². The predicted molar refractivity (Wildman–Crippen MR) is 66.1 cm³/mol. The summed E-state index contributed by atoms with van der Waals surface area (Å²) in [7, 11) is 0. The summed E-state index contributed by atoms with van der Waals surface area (Å²) in [5.74, 6) is 1.52. The molecule has 4 heteroatoms. The fourth-order valence-electron chi connectivity index (χ4n) is 1.84. The fraction of sp³-hybridized carbons (Fsp3) is 0.600. The van der Waals surface area contributed by atoms with E-state index in [1.54, 1.807) is 0 Å². The van der Waals surface area contributed by atoms with E-state index in [2.05, 4.69) is 33.0 Å². The van der Waals surface area contributed by atoms with E-state index < -0.39 is 0 Å². The van der Waals surface area contributed by atoms with Gasteiger partial charge in [0.2, 0.25) is 0 Å². The zero-order valence-electron chi connectivity index (χ0n) is 7.88. The summed E-state index contributed by atoms with van der Waals surface area (Å²) >= 11 is 11.2. The number of nitrogens with zero attached hydrogens (tertiary/aromatic N) is 1. The maximum absolute atomic E-state index is 5.85. The third kappa shape index (κ3) is 2.72. The largest absolute Gasteiger partial charge is 0.298 e. The maximum atomic E-state index is 5.85. The number of hydrogen-bond donors (Lipinski definition) is 0. The molecule has 1 aliphatic rings. The molecule has 1 atom stereocenters. The Morgan fingerprint density at radius 1 is 1.57 bits per heavy atom. The maximum Gasteiger partial charge on any atom is 0.0701 e. The van der Waals surface area contributed by atoms with Gasteiger partial charge in [-0.2, -0.15) is 0 Å². The van der Waals surface area contributed by atoms with E-state index in [-0.39, 0.29) is 0 Å². The van der Waals surface area contributed by atoms with Gasteiger partial charge in [-0.15, -0.1) is 22.9 Å². The van der Waals surface area contributed by atoms with Crippen molar-refractivity contribution < 1.29 is 0 Å². The number of alkyl halides is 1. The highest BCUT2D eigenvalue weighted by molar-refractivity contribution is 9.11. The van der Waals surface area contributed by atoms with E-state index in [1.807, 2.05) is 11.3 Å². The summed E-state index contributed by atoms with van der Waals surface area (Å²) in [6.07, 6.45) is 1.26. The van der Waals surface area contributed by atoms with Gasteiger partial charge < -0.3 is 0 Å². The molecule has 2 rings (SSSR count). The number of thiophene rings is 1. The Morgan fingerprint density at radius 2 is 2.43 bits per heavy atom. The van der Waals surface area contributed by atoms with E-state index in [1.165, 1.54) is 28.2 Å². The van der Waals surface area contributed by atoms with Crippen LogP contribution in [0.1, 0.15) is 11.3 Å². The zero-order valence-corrected chi connectivity index (χ0v) is 11.0. The summed E-state index contributed by atoms with van der Waals surface area (Å²) in [6.45, 7) is 3.45. The first-order valence-corrected chi connectivity index (χ1v) is 6.95. The summed E-state index contributed by atoms with van der Waals surface area (Å²) in [6, 6.07) is 4.32. The van der Waals surface area contributed by atoms with Crippen LogP contribution in [0.25, 0.3) is 0 Å². The Labute approximate surface area is 102 Å². The Balaban J connectivity index is 1.87. The minimum Gasteiger partial charge on any atom is -0.298 e. The Bertz CT molecular complexity index is 302. The third-order valence-corrected chi connectivity index (χ3v) is 4.64. The van der Waals surface area contributed by atoms with Crippen LogP contribution in [0.5, 0.6) is 0 Å². The van der Waals surface area contributed by atoms with Crippen molar-refractivity contribution >= 4 is 38.9 Å². The van der Waals surface area contributed by atoms with Crippen molar-refractivity contribution in [2.45, 2.75) is 13.0 Å². The van der Waals surface area contributed by atoms with Gasteiger partial charge in [-0.25, -0.2) is 0 Å². The molecular weight excluding hydrogens is 282 g/mol. The highest BCUT2D eigenvalue weighted by Crippen LogP contribution is 2.25. The van der Waals surface area contributed by atoms with Crippen molar-refractivity contribution in [3.05, 3.63) is 20.8 Å². The van der Waals surface area contributed by atoms with Gasteiger partial charge >= 0.3 is 0 Å². The predicted octanol–water partition coefficient (Wildman–Crippen LogP) is 3.57. The molecule has 0 bridgehead atoms. The van der Waals surface area contributed by atoms with Crippen LogP contribution in [-0.2, 0) is 6.54 Å². The lowest BCUT2D eigenvalue weighted by molar-refractivity contribution is 0.324. The Kier molecular flexibility index (Phi) is 3.88. The molecular formula is C10H13BrClNS. The minimum atomic E-state index is 0.708. The molecule has 0 saturated carbocycles. The van der Waals surface area contributed by atoms with Gasteiger partial charge in [-0.3, -0.25) is 4.90 Å². The number of halogens is 2. The van der Waals surface area contributed by atoms with Crippen molar-refractivity contribution in [3.8, 4) is 0 Å². The Hall–Kier alpha value is 0.430. The van der Waals surface area contributed by atoms with Gasteiger partial charge in [0.25, 0.3) is 0 Å². The second-order valence-corrected chi connectivity index (χ2v) is 6.61. The molecule has 1 aromatic rings. The molecule has 78 valence electrons. The first-order chi connectivity index (χ1) is 6.78. The molecule has 0 aliphatic carbocycles. The van der Waals surface area contributed by atoms with Gasteiger partial charge in [0, 0.05) is 23.8 Å². The first-order valence-electron chi connectivity index (χ1n) is 4.80. The van der Waals surface area contributed by atoms with E-state index >= 15 is 0 Å². The van der Waals surface area contributed by atoms with Gasteiger partial charge in [0.05, 0.1) is 3.79 Å². The molecule has 2 heterocycles. The van der Waals surface area contributed by atoms with Crippen LogP contribution in [0.4, 0.5) is 0 Å². The normalized spacial score (nSPS) is 23.1. The second kappa shape index (κ2) is 4.97. The van der Waals surface area contributed by atoms with Crippen molar-refractivity contribution in [3.63, 3.8) is 0 Å². The summed E-state index contributed by atoms with van der Waals surface area (Å²) in [5.41, 5.74) is 0. The van der Waals surface area contributed by atoms with Crippen LogP contribution in [0.15, 0.2) is 15.9 Å². The average molecular weight is 295 g/mol. The topological polar surface area (TPSA) is 3.24 Å². The first kappa shape index (κ1) is 10.9. The van der Waals surface area contributed by atoms with Crippen molar-refractivity contribution in [2.75, 3.05) is 19.0 Å². The molecule has 0 aromatic carbocycles. The monoisotopic (exact) mass is 293 g/mol. The van der Waals surface area contributed by atoms with Crippen molar-refractivity contribution in [1.29, 1.82) is 0 Å². The standard InChI is InChI=1S/C10H13BrClNS/c11-10-2-1-9(14-10)7-13-4-3-8(5-12)6-13/h1-2,8H,3-7H2. The smallest absolute Gasteiger partial charge is 0.0701 e. The molecule has 14 heavy (non-hydrogen) atoms. The van der Waals surface area contributed by atoms with Crippen molar-refractivity contribution in [1.82, 2.24) is 4.90 Å². The quantitative estimate of drug-likeness (QED) is 0.770. The lowest BCUT2D eigenvalue weighted by Crippen LogP contribution is -2.19. The van der Waals surface area contributed by atoms with Crippen LogP contribution in [0.2, 0.25) is 0 Å². The molecule has 1 saturated heterocycles. The van der Waals surface area contributed by atoms with Gasteiger partial charge in [0.15, 0.2) is 0 Å². The summed E-state index contributed by atoms with van der Waals surface area (Å²) in [4.78, 5) is 3.93. The molecule has 1 fully saturated rings. The van der Waals surface area contributed by atoms with E-state index in [0.29, 0.717) is 5.92 Å². The molecule has 0 spiro atoms. The Morgan fingerprint density at radius 3 is 3.00 bits per heavy atom. The molecule has 0 amide bonds. The number of hydrogen-bond acceptors (Lipinski definition) is 2. The lowest BCUT2D eigenvalue weighted by Gasteiger charge is -2.13. The fourth-order valence-corrected chi connectivity index (χ4v) is 3.62. The molecule has 1 aromatic heterocycles. The van der Waals surface area contributed by atoms with Gasteiger partial charge in [0.1, 0.15) is 0 Å². The van der Waals surface area contributed by atoms with E-state index in [9.17, 15) is 0 Å². The number of rotatable bonds is 3. The summed E-state index contributed by atoms with van der Waals surface area (Å²) in [5, 5.41) is 0. The van der Waals surface area contributed by atoms with Gasteiger partial charge in [-0.1, -0.05) is 0 Å². The van der Waals surface area contributed by atoms with Crippen LogP contribution >= 0.6 is 38.9 Å². The molecule has 0 radical (unpaired) electrons. The van der Waals surface area contributed by atoms with Crippen LogP contribution in [0, 0.1) is 5.92 Å². The minimum absolute atomic E-state index is 0.708. The van der Waals surface area contributed by atoms with Gasteiger partial charge in [-0.05, 0) is 46.9 Å². The SMILES string of the molecule is ClCC1CCN(Cc2ccc(Br)s2)C1. The highest BCUT2D eigenvalue weighted by atomic mass is 79.9. The zero-order chi connectivity index (χ0) is 9.97. The average Bonchev–Trinajstić information content (AvgIpc) is 2.76. The molecule has 0 N–H and O–H groups in total. The lowest BCUT2D eigenvalue weighted by atomic mass is 10.2. The van der Waals surface area contributed by atoms with Crippen LogP contribution < -0.4 is 0 Å². The van der Waals surface area contributed by atoms with Crippen LogP contribution in [0.3, 0.4) is 0 Å². The summed E-state index contributed by atoms with van der Waals surface area (Å²) < 4.78 is 1.22. The van der Waals surface area contributed by atoms with E-state index in [0.717, 1.165) is 12.4 Å². The third-order valence-electron chi connectivity index (χ3n) is 2.60. The van der Waals surface area contributed by atoms with Crippen LogP contribution in [-0.4, -0.2) is 23.9 Å².